The molecule has 2 unspecified atom stereocenters. The third-order valence-electron chi connectivity index (χ3n) is 3.39. The van der Waals surface area contributed by atoms with E-state index in [1.807, 2.05) is 4.90 Å². The van der Waals surface area contributed by atoms with E-state index in [0.717, 1.165) is 38.8 Å². The van der Waals surface area contributed by atoms with Gasteiger partial charge in [0.1, 0.15) is 6.10 Å². The van der Waals surface area contributed by atoms with Crippen molar-refractivity contribution in [2.24, 2.45) is 5.73 Å². The Kier molecular flexibility index (Phi) is 5.52. The Bertz CT molecular complexity index is 232. The van der Waals surface area contributed by atoms with Crippen LogP contribution in [0.2, 0.25) is 0 Å². The van der Waals surface area contributed by atoms with Crippen LogP contribution in [0.15, 0.2) is 0 Å². The molecule has 1 amide bonds. The van der Waals surface area contributed by atoms with Crippen LogP contribution in [0.1, 0.15) is 32.1 Å². The summed E-state index contributed by atoms with van der Waals surface area (Å²) in [4.78, 5) is 14.1. The molecule has 2 aliphatic rings. The fraction of sp³-hybridized carbons (Fsp3) is 0.909. The monoisotopic (exact) mass is 248 g/mol. The van der Waals surface area contributed by atoms with Crippen molar-refractivity contribution in [3.05, 3.63) is 0 Å². The highest BCUT2D eigenvalue weighted by molar-refractivity contribution is 5.85. The van der Waals surface area contributed by atoms with Gasteiger partial charge in [0, 0.05) is 25.7 Å². The Morgan fingerprint density at radius 2 is 2.12 bits per heavy atom. The summed E-state index contributed by atoms with van der Waals surface area (Å²) in [5.41, 5.74) is 5.70. The van der Waals surface area contributed by atoms with Gasteiger partial charge in [0.2, 0.25) is 0 Å². The van der Waals surface area contributed by atoms with Crippen LogP contribution in [0.3, 0.4) is 0 Å². The second-order valence-corrected chi connectivity index (χ2v) is 4.42. The summed E-state index contributed by atoms with van der Waals surface area (Å²) in [6.45, 7) is 2.18. The van der Waals surface area contributed by atoms with Gasteiger partial charge >= 0.3 is 0 Å². The molecule has 5 heteroatoms. The number of rotatable bonds is 2. The molecule has 0 aromatic heterocycles. The van der Waals surface area contributed by atoms with Gasteiger partial charge in [0.25, 0.3) is 5.91 Å². The summed E-state index contributed by atoms with van der Waals surface area (Å²) in [5.74, 6) is 0.169. The Labute approximate surface area is 103 Å². The quantitative estimate of drug-likeness (QED) is 0.791. The molecule has 0 spiro atoms. The Morgan fingerprint density at radius 3 is 2.75 bits per heavy atom. The predicted molar refractivity (Wildman–Crippen MR) is 64.6 cm³/mol. The largest absolute Gasteiger partial charge is 0.368 e. The van der Waals surface area contributed by atoms with Crippen molar-refractivity contribution >= 4 is 18.3 Å². The van der Waals surface area contributed by atoms with E-state index >= 15 is 0 Å². The molecule has 94 valence electrons. The van der Waals surface area contributed by atoms with E-state index in [9.17, 15) is 4.79 Å². The number of carbonyl (C=O) groups excluding carboxylic acids is 1. The van der Waals surface area contributed by atoms with E-state index in [1.165, 1.54) is 6.42 Å². The Morgan fingerprint density at radius 1 is 1.31 bits per heavy atom. The molecule has 2 saturated heterocycles. The number of nitrogens with zero attached hydrogens (tertiary/aromatic N) is 1. The Hall–Kier alpha value is -0.320. The van der Waals surface area contributed by atoms with Gasteiger partial charge in [-0.15, -0.1) is 12.4 Å². The van der Waals surface area contributed by atoms with Gasteiger partial charge in [0.05, 0.1) is 0 Å². The molecule has 0 radical (unpaired) electrons. The van der Waals surface area contributed by atoms with Gasteiger partial charge in [-0.2, -0.15) is 0 Å². The first kappa shape index (κ1) is 13.7. The molecule has 16 heavy (non-hydrogen) atoms. The number of carbonyl (C=O) groups is 1. The van der Waals surface area contributed by atoms with Crippen LogP contribution in [0.4, 0.5) is 0 Å². The summed E-state index contributed by atoms with van der Waals surface area (Å²) in [7, 11) is 0. The van der Waals surface area contributed by atoms with E-state index in [-0.39, 0.29) is 30.5 Å². The lowest BCUT2D eigenvalue weighted by atomic mass is 10.0. The first-order valence-corrected chi connectivity index (χ1v) is 5.95. The summed E-state index contributed by atoms with van der Waals surface area (Å²) in [5, 5.41) is 0. The zero-order valence-electron chi connectivity index (χ0n) is 9.56. The normalized spacial score (nSPS) is 29.9. The number of hydrogen-bond acceptors (Lipinski definition) is 3. The molecule has 0 bridgehead atoms. The number of amides is 1. The SMILES string of the molecule is Cl.NCC1CCCCN1C(=O)C1CCCO1. The standard InChI is InChI=1S/C11H20N2O2.ClH/c12-8-9-4-1-2-6-13(9)11(14)10-5-3-7-15-10;/h9-10H,1-8,12H2;1H. The van der Waals surface area contributed by atoms with Crippen LogP contribution in [0, 0.1) is 0 Å². The summed E-state index contributed by atoms with van der Waals surface area (Å²) in [6.07, 6.45) is 5.06. The third-order valence-corrected chi connectivity index (χ3v) is 3.39. The number of likely N-dealkylation sites (tertiary alicyclic amines) is 1. The fourth-order valence-corrected chi connectivity index (χ4v) is 2.49. The molecule has 2 aliphatic heterocycles. The van der Waals surface area contributed by atoms with Gasteiger partial charge in [0.15, 0.2) is 0 Å². The minimum atomic E-state index is -0.183. The number of hydrogen-bond donors (Lipinski definition) is 1. The summed E-state index contributed by atoms with van der Waals surface area (Å²) in [6, 6.07) is 0.246. The van der Waals surface area contributed by atoms with Crippen LogP contribution < -0.4 is 5.73 Å². The van der Waals surface area contributed by atoms with Crippen LogP contribution >= 0.6 is 12.4 Å². The van der Waals surface area contributed by atoms with Gasteiger partial charge in [-0.05, 0) is 32.1 Å². The molecule has 0 aromatic rings. The fourth-order valence-electron chi connectivity index (χ4n) is 2.49. The van der Waals surface area contributed by atoms with E-state index in [4.69, 9.17) is 10.5 Å². The average molecular weight is 249 g/mol. The summed E-state index contributed by atoms with van der Waals surface area (Å²) < 4.78 is 5.43. The van der Waals surface area contributed by atoms with Gasteiger partial charge in [-0.1, -0.05) is 0 Å². The van der Waals surface area contributed by atoms with Crippen molar-refractivity contribution in [3.8, 4) is 0 Å². The molecule has 4 nitrogen and oxygen atoms in total. The Balaban J connectivity index is 0.00000128. The molecule has 0 saturated carbocycles. The molecule has 0 aromatic carbocycles. The van der Waals surface area contributed by atoms with Gasteiger partial charge < -0.3 is 15.4 Å². The smallest absolute Gasteiger partial charge is 0.251 e. The number of piperidine rings is 1. The lowest BCUT2D eigenvalue weighted by Crippen LogP contribution is -2.50. The molecule has 2 heterocycles. The van der Waals surface area contributed by atoms with Crippen molar-refractivity contribution in [3.63, 3.8) is 0 Å². The van der Waals surface area contributed by atoms with E-state index in [2.05, 4.69) is 0 Å². The van der Waals surface area contributed by atoms with Crippen molar-refractivity contribution < 1.29 is 9.53 Å². The van der Waals surface area contributed by atoms with Crippen LogP contribution in [0.5, 0.6) is 0 Å². The first-order chi connectivity index (χ1) is 7.33. The van der Waals surface area contributed by atoms with Crippen LogP contribution in [0.25, 0.3) is 0 Å². The van der Waals surface area contributed by atoms with Crippen molar-refractivity contribution in [1.82, 2.24) is 4.90 Å². The molecule has 2 N–H and O–H groups in total. The highest BCUT2D eigenvalue weighted by Crippen LogP contribution is 2.21. The van der Waals surface area contributed by atoms with Gasteiger partial charge in [-0.25, -0.2) is 0 Å². The molecular weight excluding hydrogens is 228 g/mol. The van der Waals surface area contributed by atoms with Crippen molar-refractivity contribution in [2.75, 3.05) is 19.7 Å². The highest BCUT2D eigenvalue weighted by Gasteiger charge is 2.32. The van der Waals surface area contributed by atoms with E-state index in [0.29, 0.717) is 6.54 Å². The van der Waals surface area contributed by atoms with Crippen LogP contribution in [-0.2, 0) is 9.53 Å². The lowest BCUT2D eigenvalue weighted by molar-refractivity contribution is -0.144. The average Bonchev–Trinajstić information content (AvgIpc) is 2.81. The van der Waals surface area contributed by atoms with Gasteiger partial charge in [-0.3, -0.25) is 4.79 Å². The maximum absolute atomic E-state index is 12.1. The zero-order valence-corrected chi connectivity index (χ0v) is 10.4. The first-order valence-electron chi connectivity index (χ1n) is 5.95. The highest BCUT2D eigenvalue weighted by atomic mass is 35.5. The zero-order chi connectivity index (χ0) is 10.7. The third kappa shape index (κ3) is 2.87. The maximum atomic E-state index is 12.1. The number of ether oxygens (including phenoxy) is 1. The van der Waals surface area contributed by atoms with E-state index in [1.54, 1.807) is 0 Å². The minimum absolute atomic E-state index is 0. The molecule has 2 atom stereocenters. The lowest BCUT2D eigenvalue weighted by Gasteiger charge is -2.36. The maximum Gasteiger partial charge on any atom is 0.251 e. The minimum Gasteiger partial charge on any atom is -0.368 e. The molecule has 0 aliphatic carbocycles. The second-order valence-electron chi connectivity index (χ2n) is 4.42. The molecular formula is C11H21ClN2O2. The summed E-state index contributed by atoms with van der Waals surface area (Å²) >= 11 is 0. The second kappa shape index (κ2) is 6.42. The van der Waals surface area contributed by atoms with E-state index < -0.39 is 0 Å². The van der Waals surface area contributed by atoms with Crippen molar-refractivity contribution in [2.45, 2.75) is 44.2 Å². The number of halogens is 1. The van der Waals surface area contributed by atoms with Crippen molar-refractivity contribution in [1.29, 1.82) is 0 Å². The topological polar surface area (TPSA) is 55.6 Å². The number of nitrogens with two attached hydrogens (primary N) is 1. The van der Waals surface area contributed by atoms with Crippen LogP contribution in [-0.4, -0.2) is 42.6 Å². The molecule has 2 rings (SSSR count). The predicted octanol–water partition coefficient (Wildman–Crippen LogP) is 0.927. The molecule has 2 fully saturated rings.